The van der Waals surface area contributed by atoms with Gasteiger partial charge in [-0.3, -0.25) is 19.7 Å². The zero-order valence-corrected chi connectivity index (χ0v) is 16.6. The molecule has 1 atom stereocenters. The number of carbonyl (C=O) groups excluding carboxylic acids is 2. The van der Waals surface area contributed by atoms with E-state index in [0.29, 0.717) is 23.7 Å². The quantitative estimate of drug-likeness (QED) is 0.262. The molecule has 0 saturated carbocycles. The van der Waals surface area contributed by atoms with Crippen molar-refractivity contribution in [3.8, 4) is 0 Å². The molecule has 0 spiro atoms. The predicted octanol–water partition coefficient (Wildman–Crippen LogP) is 3.86. The van der Waals surface area contributed by atoms with Crippen molar-refractivity contribution in [2.75, 3.05) is 18.5 Å². The van der Waals surface area contributed by atoms with Crippen LogP contribution in [0.5, 0.6) is 0 Å². The van der Waals surface area contributed by atoms with Gasteiger partial charge in [-0.05, 0) is 31.0 Å². The second kappa shape index (κ2) is 11.0. The Hall–Kier alpha value is -3.13. The lowest BCUT2D eigenvalue weighted by atomic mass is 10.1. The van der Waals surface area contributed by atoms with Crippen LogP contribution in [0.25, 0.3) is 0 Å². The van der Waals surface area contributed by atoms with Crippen LogP contribution >= 0.6 is 11.6 Å². The van der Waals surface area contributed by atoms with Gasteiger partial charge >= 0.3 is 5.97 Å². The van der Waals surface area contributed by atoms with E-state index in [2.05, 4.69) is 10.6 Å². The van der Waals surface area contributed by atoms with Crippen molar-refractivity contribution >= 4 is 34.9 Å². The summed E-state index contributed by atoms with van der Waals surface area (Å²) in [5, 5.41) is 17.1. The van der Waals surface area contributed by atoms with E-state index in [0.717, 1.165) is 5.56 Å². The first kappa shape index (κ1) is 22.2. The Morgan fingerprint density at radius 2 is 1.86 bits per heavy atom. The third-order valence-corrected chi connectivity index (χ3v) is 4.43. The van der Waals surface area contributed by atoms with Crippen LogP contribution in [0.3, 0.4) is 0 Å². The van der Waals surface area contributed by atoms with Crippen LogP contribution in [0.2, 0.25) is 5.02 Å². The number of benzene rings is 2. The highest BCUT2D eigenvalue weighted by molar-refractivity contribution is 6.31. The first-order valence-electron chi connectivity index (χ1n) is 9.05. The van der Waals surface area contributed by atoms with Crippen molar-refractivity contribution in [2.45, 2.75) is 25.8 Å². The SMILES string of the molecule is C[C@@H](NC(=O)COC(=O)CCCNc1ccccc1[N+](=O)[O-])c1ccccc1Cl. The summed E-state index contributed by atoms with van der Waals surface area (Å²) < 4.78 is 4.97. The third kappa shape index (κ3) is 7.08. The molecule has 0 aliphatic rings. The van der Waals surface area contributed by atoms with Crippen molar-refractivity contribution in [1.29, 1.82) is 0 Å². The number of ether oxygens (including phenoxy) is 1. The summed E-state index contributed by atoms with van der Waals surface area (Å²) in [5.74, 6) is -0.946. The molecule has 154 valence electrons. The molecule has 9 heteroatoms. The normalized spacial score (nSPS) is 11.4. The van der Waals surface area contributed by atoms with Crippen molar-refractivity contribution < 1.29 is 19.2 Å². The number of para-hydroxylation sites is 2. The molecule has 0 unspecified atom stereocenters. The molecule has 0 aliphatic carbocycles. The van der Waals surface area contributed by atoms with Crippen LogP contribution in [0.1, 0.15) is 31.4 Å². The van der Waals surface area contributed by atoms with Gasteiger partial charge in [0.25, 0.3) is 11.6 Å². The number of halogens is 1. The van der Waals surface area contributed by atoms with E-state index in [-0.39, 0.29) is 24.8 Å². The maximum Gasteiger partial charge on any atom is 0.306 e. The van der Waals surface area contributed by atoms with Gasteiger partial charge in [-0.1, -0.05) is 41.9 Å². The fraction of sp³-hybridized carbons (Fsp3) is 0.300. The Kier molecular flexibility index (Phi) is 8.42. The lowest BCUT2D eigenvalue weighted by Gasteiger charge is -2.15. The number of nitrogens with one attached hydrogen (secondary N) is 2. The number of nitro benzene ring substituents is 1. The number of carbonyl (C=O) groups is 2. The van der Waals surface area contributed by atoms with Gasteiger partial charge in [0, 0.05) is 24.1 Å². The van der Waals surface area contributed by atoms with Gasteiger partial charge in [-0.25, -0.2) is 0 Å². The summed E-state index contributed by atoms with van der Waals surface area (Å²) in [5.41, 5.74) is 1.13. The summed E-state index contributed by atoms with van der Waals surface area (Å²) in [6.07, 6.45) is 0.490. The average Bonchev–Trinajstić information content (AvgIpc) is 2.70. The van der Waals surface area contributed by atoms with E-state index in [1.165, 1.54) is 6.07 Å². The fourth-order valence-electron chi connectivity index (χ4n) is 2.64. The summed E-state index contributed by atoms with van der Waals surface area (Å²) in [4.78, 5) is 34.2. The van der Waals surface area contributed by atoms with E-state index in [4.69, 9.17) is 16.3 Å². The Morgan fingerprint density at radius 1 is 1.17 bits per heavy atom. The zero-order valence-electron chi connectivity index (χ0n) is 15.9. The number of nitrogens with zero attached hydrogens (tertiary/aromatic N) is 1. The van der Waals surface area contributed by atoms with E-state index in [1.807, 2.05) is 12.1 Å². The van der Waals surface area contributed by atoms with Gasteiger partial charge in [0.05, 0.1) is 11.0 Å². The van der Waals surface area contributed by atoms with Gasteiger partial charge in [0.1, 0.15) is 5.69 Å². The minimum absolute atomic E-state index is 0.0283. The molecule has 0 bridgehead atoms. The van der Waals surface area contributed by atoms with Crippen molar-refractivity contribution in [2.24, 2.45) is 0 Å². The van der Waals surface area contributed by atoms with Gasteiger partial charge < -0.3 is 15.4 Å². The van der Waals surface area contributed by atoms with Gasteiger partial charge in [-0.15, -0.1) is 0 Å². The topological polar surface area (TPSA) is 111 Å². The smallest absolute Gasteiger partial charge is 0.306 e. The standard InChI is InChI=1S/C20H22ClN3O5/c1-14(15-7-2-3-8-16(15)21)23-19(25)13-29-20(26)11-6-12-22-17-9-4-5-10-18(17)24(27)28/h2-5,7-10,14,22H,6,11-13H2,1H3,(H,23,25)/t14-/m1/s1. The number of anilines is 1. The van der Waals surface area contributed by atoms with Crippen LogP contribution in [-0.2, 0) is 14.3 Å². The number of amides is 1. The first-order valence-corrected chi connectivity index (χ1v) is 9.43. The first-order chi connectivity index (χ1) is 13.9. The fourth-order valence-corrected chi connectivity index (χ4v) is 2.94. The van der Waals surface area contributed by atoms with Gasteiger partial charge in [0.15, 0.2) is 6.61 Å². The molecule has 2 aromatic rings. The molecule has 8 nitrogen and oxygen atoms in total. The second-order valence-electron chi connectivity index (χ2n) is 6.28. The zero-order chi connectivity index (χ0) is 21.2. The van der Waals surface area contributed by atoms with E-state index < -0.39 is 16.8 Å². The van der Waals surface area contributed by atoms with Crippen molar-refractivity contribution in [3.63, 3.8) is 0 Å². The van der Waals surface area contributed by atoms with Gasteiger partial charge in [-0.2, -0.15) is 0 Å². The Morgan fingerprint density at radius 3 is 2.59 bits per heavy atom. The average molecular weight is 420 g/mol. The van der Waals surface area contributed by atoms with Crippen LogP contribution in [0.4, 0.5) is 11.4 Å². The highest BCUT2D eigenvalue weighted by atomic mass is 35.5. The van der Waals surface area contributed by atoms with Crippen LogP contribution < -0.4 is 10.6 Å². The molecule has 2 N–H and O–H groups in total. The molecule has 2 aromatic carbocycles. The Balaban J connectivity index is 1.68. The van der Waals surface area contributed by atoms with Crippen LogP contribution in [0.15, 0.2) is 48.5 Å². The summed E-state index contributed by atoms with van der Waals surface area (Å²) in [7, 11) is 0. The number of nitro groups is 1. The minimum Gasteiger partial charge on any atom is -0.456 e. The maximum absolute atomic E-state index is 12.0. The number of hydrogen-bond acceptors (Lipinski definition) is 6. The third-order valence-electron chi connectivity index (χ3n) is 4.09. The second-order valence-corrected chi connectivity index (χ2v) is 6.68. The molecule has 0 heterocycles. The summed E-state index contributed by atoms with van der Waals surface area (Å²) >= 11 is 6.09. The lowest BCUT2D eigenvalue weighted by molar-refractivity contribution is -0.384. The molecule has 0 aliphatic heterocycles. The molecule has 0 aromatic heterocycles. The summed E-state index contributed by atoms with van der Waals surface area (Å²) in [6, 6.07) is 13.1. The van der Waals surface area contributed by atoms with Crippen LogP contribution in [-0.4, -0.2) is 30.0 Å². The van der Waals surface area contributed by atoms with Crippen molar-refractivity contribution in [3.05, 3.63) is 69.2 Å². The number of esters is 1. The summed E-state index contributed by atoms with van der Waals surface area (Å²) in [6.45, 7) is 1.76. The molecule has 0 saturated heterocycles. The molecular weight excluding hydrogens is 398 g/mol. The Bertz CT molecular complexity index is 875. The minimum atomic E-state index is -0.519. The molecule has 0 radical (unpaired) electrons. The Labute approximate surface area is 173 Å². The maximum atomic E-state index is 12.0. The molecule has 2 rings (SSSR count). The van der Waals surface area contributed by atoms with E-state index in [1.54, 1.807) is 37.3 Å². The number of rotatable bonds is 10. The highest BCUT2D eigenvalue weighted by Crippen LogP contribution is 2.23. The molecule has 0 fully saturated rings. The highest BCUT2D eigenvalue weighted by Gasteiger charge is 2.14. The molecule has 29 heavy (non-hydrogen) atoms. The van der Waals surface area contributed by atoms with E-state index in [9.17, 15) is 19.7 Å². The lowest BCUT2D eigenvalue weighted by Crippen LogP contribution is -2.31. The largest absolute Gasteiger partial charge is 0.456 e. The predicted molar refractivity (Wildman–Crippen MR) is 110 cm³/mol. The molecular formula is C20H22ClN3O5. The van der Waals surface area contributed by atoms with Crippen LogP contribution in [0, 0.1) is 10.1 Å². The van der Waals surface area contributed by atoms with E-state index >= 15 is 0 Å². The monoisotopic (exact) mass is 419 g/mol. The van der Waals surface area contributed by atoms with Crippen molar-refractivity contribution in [1.82, 2.24) is 5.32 Å². The number of hydrogen-bond donors (Lipinski definition) is 2. The van der Waals surface area contributed by atoms with Gasteiger partial charge in [0.2, 0.25) is 0 Å². The molecule has 1 amide bonds.